The van der Waals surface area contributed by atoms with Crippen LogP contribution in [0.15, 0.2) is 16.6 Å². The first-order valence-corrected chi connectivity index (χ1v) is 9.03. The number of aromatic nitrogens is 4. The monoisotopic (exact) mass is 369 g/mol. The number of rotatable bonds is 2. The van der Waals surface area contributed by atoms with Gasteiger partial charge in [-0.25, -0.2) is 4.68 Å². The molecule has 2 aromatic rings. The van der Waals surface area contributed by atoms with Gasteiger partial charge >= 0.3 is 0 Å². The Morgan fingerprint density at radius 2 is 2.10 bits per heavy atom. The van der Waals surface area contributed by atoms with Gasteiger partial charge in [0.2, 0.25) is 0 Å². The molecule has 0 atom stereocenters. The number of tetrazole rings is 1. The van der Waals surface area contributed by atoms with E-state index in [4.69, 9.17) is 5.73 Å². The molecule has 1 aromatic heterocycles. The van der Waals surface area contributed by atoms with Gasteiger partial charge in [0.1, 0.15) is 0 Å². The van der Waals surface area contributed by atoms with Crippen LogP contribution in [0.1, 0.15) is 24.4 Å². The molecule has 0 saturated carbocycles. The van der Waals surface area contributed by atoms with Crippen molar-refractivity contribution in [3.63, 3.8) is 0 Å². The van der Waals surface area contributed by atoms with E-state index in [0.717, 1.165) is 34.3 Å². The van der Waals surface area contributed by atoms with E-state index in [0.29, 0.717) is 17.2 Å². The highest BCUT2D eigenvalue weighted by Gasteiger charge is 2.24. The summed E-state index contributed by atoms with van der Waals surface area (Å²) in [6.45, 7) is 1.96. The van der Waals surface area contributed by atoms with Crippen molar-refractivity contribution >= 4 is 32.4 Å². The minimum absolute atomic E-state index is 0.201. The number of nitrogens with zero attached hydrogens (tertiary/aromatic N) is 4. The predicted octanol–water partition coefficient (Wildman–Crippen LogP) is 2.08. The van der Waals surface area contributed by atoms with Crippen LogP contribution in [-0.2, 0) is 10.8 Å². The average Bonchev–Trinajstić information content (AvgIpc) is 2.93. The molecule has 3 rings (SSSR count). The quantitative estimate of drug-likeness (QED) is 0.818. The normalized spacial score (nSPS) is 22.4. The SMILES string of the molecule is Cc1c(N)cc(Br)cc1-c1nnnn1C1CCS(=O)CC1. The summed E-state index contributed by atoms with van der Waals surface area (Å²) >= 11 is 3.46. The Morgan fingerprint density at radius 1 is 1.38 bits per heavy atom. The van der Waals surface area contributed by atoms with E-state index in [1.807, 2.05) is 23.7 Å². The van der Waals surface area contributed by atoms with E-state index in [2.05, 4.69) is 31.5 Å². The summed E-state index contributed by atoms with van der Waals surface area (Å²) in [7, 11) is -0.695. The van der Waals surface area contributed by atoms with E-state index < -0.39 is 10.8 Å². The standard InChI is InChI=1S/C13H16BrN5OS/c1-8-11(6-9(14)7-12(8)15)13-16-17-18-19(13)10-2-4-21(20)5-3-10/h6-7,10H,2-5,15H2,1H3. The molecule has 1 aliphatic rings. The molecule has 6 nitrogen and oxygen atoms in total. The second kappa shape index (κ2) is 5.84. The molecule has 8 heteroatoms. The van der Waals surface area contributed by atoms with Gasteiger partial charge in [0.05, 0.1) is 6.04 Å². The Labute approximate surface area is 133 Å². The van der Waals surface area contributed by atoms with Gasteiger partial charge in [0, 0.05) is 38.0 Å². The van der Waals surface area contributed by atoms with E-state index in [1.165, 1.54) is 0 Å². The highest BCUT2D eigenvalue weighted by Crippen LogP contribution is 2.32. The third-order valence-corrected chi connectivity index (χ3v) is 5.69. The first kappa shape index (κ1) is 14.6. The molecule has 2 heterocycles. The summed E-state index contributed by atoms with van der Waals surface area (Å²) in [5.41, 5.74) is 8.63. The lowest BCUT2D eigenvalue weighted by Gasteiger charge is -2.22. The predicted molar refractivity (Wildman–Crippen MR) is 86.2 cm³/mol. The van der Waals surface area contributed by atoms with Gasteiger partial charge in [-0.05, 0) is 47.9 Å². The number of nitrogen functional groups attached to an aromatic ring is 1. The molecule has 21 heavy (non-hydrogen) atoms. The van der Waals surface area contributed by atoms with Crippen molar-refractivity contribution in [2.75, 3.05) is 17.2 Å². The first-order chi connectivity index (χ1) is 10.1. The van der Waals surface area contributed by atoms with E-state index >= 15 is 0 Å². The minimum atomic E-state index is -0.695. The molecule has 1 aliphatic heterocycles. The smallest absolute Gasteiger partial charge is 0.182 e. The summed E-state index contributed by atoms with van der Waals surface area (Å²) in [5.74, 6) is 2.14. The zero-order valence-corrected chi connectivity index (χ0v) is 14.0. The van der Waals surface area contributed by atoms with Gasteiger partial charge in [0.15, 0.2) is 5.82 Å². The topological polar surface area (TPSA) is 86.7 Å². The van der Waals surface area contributed by atoms with Gasteiger partial charge in [-0.15, -0.1) is 5.10 Å². The summed E-state index contributed by atoms with van der Waals surface area (Å²) in [6, 6.07) is 4.05. The molecular formula is C13H16BrN5OS. The lowest BCUT2D eigenvalue weighted by atomic mass is 10.1. The molecule has 0 aliphatic carbocycles. The number of hydrogen-bond acceptors (Lipinski definition) is 5. The van der Waals surface area contributed by atoms with Crippen LogP contribution in [0.2, 0.25) is 0 Å². The van der Waals surface area contributed by atoms with Crippen molar-refractivity contribution in [3.05, 3.63) is 22.2 Å². The number of nitrogens with two attached hydrogens (primary N) is 1. The Hall–Kier alpha value is -1.28. The molecule has 1 fully saturated rings. The van der Waals surface area contributed by atoms with Gasteiger partial charge in [-0.3, -0.25) is 4.21 Å². The van der Waals surface area contributed by atoms with Gasteiger partial charge in [0.25, 0.3) is 0 Å². The van der Waals surface area contributed by atoms with Crippen molar-refractivity contribution in [2.24, 2.45) is 0 Å². The summed E-state index contributed by atoms with van der Waals surface area (Å²) < 4.78 is 14.3. The maximum Gasteiger partial charge on any atom is 0.182 e. The molecule has 112 valence electrons. The van der Waals surface area contributed by atoms with Gasteiger partial charge in [-0.2, -0.15) is 0 Å². The maximum atomic E-state index is 11.5. The highest BCUT2D eigenvalue weighted by molar-refractivity contribution is 9.10. The Balaban J connectivity index is 2.01. The van der Waals surface area contributed by atoms with Crippen LogP contribution < -0.4 is 5.73 Å². The summed E-state index contributed by atoms with van der Waals surface area (Å²) in [5, 5.41) is 12.1. The van der Waals surface area contributed by atoms with Crippen LogP contribution in [-0.4, -0.2) is 35.9 Å². The molecular weight excluding hydrogens is 354 g/mol. The van der Waals surface area contributed by atoms with Crippen LogP contribution in [0.25, 0.3) is 11.4 Å². The lowest BCUT2D eigenvalue weighted by molar-refractivity contribution is 0.415. The fraction of sp³-hybridized carbons (Fsp3) is 0.462. The molecule has 0 unspecified atom stereocenters. The largest absolute Gasteiger partial charge is 0.398 e. The fourth-order valence-electron chi connectivity index (χ4n) is 2.58. The maximum absolute atomic E-state index is 11.5. The number of halogens is 1. The fourth-order valence-corrected chi connectivity index (χ4v) is 4.32. The van der Waals surface area contributed by atoms with Crippen LogP contribution in [0.3, 0.4) is 0 Å². The zero-order chi connectivity index (χ0) is 15.0. The van der Waals surface area contributed by atoms with E-state index in [9.17, 15) is 4.21 Å². The molecule has 0 spiro atoms. The Morgan fingerprint density at radius 3 is 2.81 bits per heavy atom. The Kier molecular flexibility index (Phi) is 4.08. The Bertz CT molecular complexity index is 692. The average molecular weight is 370 g/mol. The van der Waals surface area contributed by atoms with Crippen molar-refractivity contribution in [1.29, 1.82) is 0 Å². The van der Waals surface area contributed by atoms with Crippen LogP contribution in [0.5, 0.6) is 0 Å². The molecule has 0 bridgehead atoms. The van der Waals surface area contributed by atoms with Gasteiger partial charge in [-0.1, -0.05) is 15.9 Å². The summed E-state index contributed by atoms with van der Waals surface area (Å²) in [4.78, 5) is 0. The molecule has 0 radical (unpaired) electrons. The minimum Gasteiger partial charge on any atom is -0.398 e. The number of anilines is 1. The van der Waals surface area contributed by atoms with Gasteiger partial charge < -0.3 is 5.73 Å². The van der Waals surface area contributed by atoms with Crippen molar-refractivity contribution in [3.8, 4) is 11.4 Å². The third-order valence-electron chi connectivity index (χ3n) is 3.85. The highest BCUT2D eigenvalue weighted by atomic mass is 79.9. The van der Waals surface area contributed by atoms with Crippen LogP contribution >= 0.6 is 15.9 Å². The third kappa shape index (κ3) is 2.87. The van der Waals surface area contributed by atoms with Crippen molar-refractivity contribution < 1.29 is 4.21 Å². The lowest BCUT2D eigenvalue weighted by Crippen LogP contribution is -2.23. The second-order valence-electron chi connectivity index (χ2n) is 5.19. The molecule has 1 aromatic carbocycles. The van der Waals surface area contributed by atoms with E-state index in [1.54, 1.807) is 0 Å². The van der Waals surface area contributed by atoms with Crippen LogP contribution in [0.4, 0.5) is 5.69 Å². The van der Waals surface area contributed by atoms with Crippen LogP contribution in [0, 0.1) is 6.92 Å². The number of benzene rings is 1. The van der Waals surface area contributed by atoms with E-state index in [-0.39, 0.29) is 6.04 Å². The molecule has 0 amide bonds. The van der Waals surface area contributed by atoms with Crippen molar-refractivity contribution in [1.82, 2.24) is 20.2 Å². The summed E-state index contributed by atoms with van der Waals surface area (Å²) in [6.07, 6.45) is 1.68. The second-order valence-corrected chi connectivity index (χ2v) is 7.81. The first-order valence-electron chi connectivity index (χ1n) is 6.75. The zero-order valence-electron chi connectivity index (χ0n) is 11.6. The number of hydrogen-bond donors (Lipinski definition) is 1. The molecule has 2 N–H and O–H groups in total. The molecule has 1 saturated heterocycles. The van der Waals surface area contributed by atoms with Crippen molar-refractivity contribution in [2.45, 2.75) is 25.8 Å².